The first kappa shape index (κ1) is 22.3. The summed E-state index contributed by atoms with van der Waals surface area (Å²) in [6, 6.07) is 7.46. The molecule has 1 aromatic heterocycles. The van der Waals surface area contributed by atoms with Gasteiger partial charge in [-0.15, -0.1) is 0 Å². The van der Waals surface area contributed by atoms with Crippen LogP contribution in [0.5, 0.6) is 0 Å². The van der Waals surface area contributed by atoms with E-state index >= 15 is 4.39 Å². The molecular weight excluding hydrogens is 349 g/mol. The second-order valence-electron chi connectivity index (χ2n) is 7.72. The number of halogens is 1. The van der Waals surface area contributed by atoms with E-state index in [0.717, 1.165) is 48.6 Å². The van der Waals surface area contributed by atoms with Gasteiger partial charge in [-0.05, 0) is 44.9 Å². The van der Waals surface area contributed by atoms with Gasteiger partial charge in [0.1, 0.15) is 11.6 Å². The van der Waals surface area contributed by atoms with Crippen LogP contribution < -0.4 is 4.90 Å². The van der Waals surface area contributed by atoms with Crippen molar-refractivity contribution in [3.8, 4) is 11.3 Å². The standard InChI is InChI=1S/C24H36FN3/c1-5-7-9-11-15-28(16-12-10-8-6-2)24-14-13-21(18-22(24)25)23-17-19(3)26-20(4)27-23/h13-14,17-18H,5-12,15-16H2,1-4H3. The number of rotatable bonds is 12. The third-order valence-electron chi connectivity index (χ3n) is 5.11. The van der Waals surface area contributed by atoms with Crippen LogP contribution in [-0.2, 0) is 0 Å². The van der Waals surface area contributed by atoms with E-state index in [9.17, 15) is 0 Å². The topological polar surface area (TPSA) is 29.0 Å². The Morgan fingerprint density at radius 2 is 1.46 bits per heavy atom. The number of benzene rings is 1. The maximum absolute atomic E-state index is 15.1. The molecular formula is C24H36FN3. The molecule has 0 unspecified atom stereocenters. The Morgan fingerprint density at radius 3 is 2.00 bits per heavy atom. The molecule has 154 valence electrons. The van der Waals surface area contributed by atoms with Crippen molar-refractivity contribution in [2.75, 3.05) is 18.0 Å². The van der Waals surface area contributed by atoms with Crippen molar-refractivity contribution in [1.82, 2.24) is 9.97 Å². The molecule has 1 heterocycles. The van der Waals surface area contributed by atoms with Gasteiger partial charge in [-0.25, -0.2) is 14.4 Å². The Hall–Kier alpha value is -1.97. The van der Waals surface area contributed by atoms with E-state index in [-0.39, 0.29) is 5.82 Å². The first-order valence-electron chi connectivity index (χ1n) is 10.9. The van der Waals surface area contributed by atoms with Crippen LogP contribution >= 0.6 is 0 Å². The van der Waals surface area contributed by atoms with Gasteiger partial charge in [-0.2, -0.15) is 0 Å². The fraction of sp³-hybridized carbons (Fsp3) is 0.583. The molecule has 0 aliphatic carbocycles. The highest BCUT2D eigenvalue weighted by atomic mass is 19.1. The second-order valence-corrected chi connectivity index (χ2v) is 7.72. The maximum Gasteiger partial charge on any atom is 0.147 e. The Bertz CT molecular complexity index is 698. The molecule has 2 aromatic rings. The molecule has 4 heteroatoms. The summed E-state index contributed by atoms with van der Waals surface area (Å²) >= 11 is 0. The summed E-state index contributed by atoms with van der Waals surface area (Å²) in [6.45, 7) is 10.1. The molecule has 0 spiro atoms. The number of hydrogen-bond donors (Lipinski definition) is 0. The number of aromatic nitrogens is 2. The van der Waals surface area contributed by atoms with E-state index in [2.05, 4.69) is 28.7 Å². The molecule has 0 N–H and O–H groups in total. The predicted molar refractivity (Wildman–Crippen MR) is 117 cm³/mol. The number of nitrogens with zero attached hydrogens (tertiary/aromatic N) is 3. The second kappa shape index (κ2) is 11.8. The lowest BCUT2D eigenvalue weighted by Gasteiger charge is -2.26. The molecule has 0 fully saturated rings. The van der Waals surface area contributed by atoms with Crippen LogP contribution in [0.25, 0.3) is 11.3 Å². The van der Waals surface area contributed by atoms with Gasteiger partial charge in [-0.3, -0.25) is 0 Å². The number of hydrogen-bond acceptors (Lipinski definition) is 3. The van der Waals surface area contributed by atoms with Crippen LogP contribution in [0.15, 0.2) is 24.3 Å². The summed E-state index contributed by atoms with van der Waals surface area (Å²) in [7, 11) is 0. The first-order chi connectivity index (χ1) is 13.5. The average molecular weight is 386 g/mol. The predicted octanol–water partition coefficient (Wildman–Crippen LogP) is 6.87. The number of unbranched alkanes of at least 4 members (excludes halogenated alkanes) is 6. The van der Waals surface area contributed by atoms with Crippen LogP contribution in [0.2, 0.25) is 0 Å². The molecule has 0 saturated carbocycles. The minimum absolute atomic E-state index is 0.155. The van der Waals surface area contributed by atoms with Gasteiger partial charge < -0.3 is 4.90 Å². The van der Waals surface area contributed by atoms with E-state index in [4.69, 9.17) is 0 Å². The molecule has 0 aliphatic heterocycles. The van der Waals surface area contributed by atoms with Crippen LogP contribution in [0.1, 0.15) is 76.7 Å². The third-order valence-corrected chi connectivity index (χ3v) is 5.11. The first-order valence-corrected chi connectivity index (χ1v) is 10.9. The van der Waals surface area contributed by atoms with Crippen molar-refractivity contribution >= 4 is 5.69 Å². The van der Waals surface area contributed by atoms with Gasteiger partial charge in [0.25, 0.3) is 0 Å². The third kappa shape index (κ3) is 6.88. The molecule has 0 bridgehead atoms. The van der Waals surface area contributed by atoms with E-state index < -0.39 is 0 Å². The summed E-state index contributed by atoms with van der Waals surface area (Å²) in [6.07, 6.45) is 9.59. The summed E-state index contributed by atoms with van der Waals surface area (Å²) in [5, 5.41) is 0. The van der Waals surface area contributed by atoms with E-state index in [1.54, 1.807) is 6.07 Å². The van der Waals surface area contributed by atoms with E-state index in [0.29, 0.717) is 5.82 Å². The van der Waals surface area contributed by atoms with Crippen molar-refractivity contribution in [3.63, 3.8) is 0 Å². The fourth-order valence-corrected chi connectivity index (χ4v) is 3.60. The van der Waals surface area contributed by atoms with Gasteiger partial charge in [0, 0.05) is 24.3 Å². The van der Waals surface area contributed by atoms with Gasteiger partial charge >= 0.3 is 0 Å². The molecule has 0 amide bonds. The SMILES string of the molecule is CCCCCCN(CCCCCC)c1ccc(-c2cc(C)nc(C)n2)cc1F. The number of aryl methyl sites for hydroxylation is 2. The zero-order chi connectivity index (χ0) is 20.4. The fourth-order valence-electron chi connectivity index (χ4n) is 3.60. The van der Waals surface area contributed by atoms with Gasteiger partial charge in [0.15, 0.2) is 0 Å². The maximum atomic E-state index is 15.1. The Morgan fingerprint density at radius 1 is 0.821 bits per heavy atom. The molecule has 0 radical (unpaired) electrons. The highest BCUT2D eigenvalue weighted by molar-refractivity contribution is 5.64. The van der Waals surface area contributed by atoms with Crippen molar-refractivity contribution in [2.45, 2.75) is 79.1 Å². The Kier molecular flexibility index (Phi) is 9.39. The van der Waals surface area contributed by atoms with Crippen molar-refractivity contribution in [2.24, 2.45) is 0 Å². The van der Waals surface area contributed by atoms with Crippen LogP contribution in [-0.4, -0.2) is 23.1 Å². The minimum Gasteiger partial charge on any atom is -0.369 e. The monoisotopic (exact) mass is 385 g/mol. The lowest BCUT2D eigenvalue weighted by molar-refractivity contribution is 0.583. The Balaban J connectivity index is 2.16. The molecule has 0 saturated heterocycles. The summed E-state index contributed by atoms with van der Waals surface area (Å²) in [5.74, 6) is 0.561. The molecule has 28 heavy (non-hydrogen) atoms. The molecule has 0 atom stereocenters. The lowest BCUT2D eigenvalue weighted by Crippen LogP contribution is -2.26. The summed E-state index contributed by atoms with van der Waals surface area (Å²) < 4.78 is 15.1. The van der Waals surface area contributed by atoms with Crippen LogP contribution in [0, 0.1) is 19.7 Å². The zero-order valence-electron chi connectivity index (χ0n) is 18.1. The minimum atomic E-state index is -0.155. The van der Waals surface area contributed by atoms with Gasteiger partial charge in [-0.1, -0.05) is 58.4 Å². The van der Waals surface area contributed by atoms with Crippen molar-refractivity contribution in [1.29, 1.82) is 0 Å². The normalized spacial score (nSPS) is 11.0. The smallest absolute Gasteiger partial charge is 0.147 e. The van der Waals surface area contributed by atoms with Crippen LogP contribution in [0.4, 0.5) is 10.1 Å². The quantitative estimate of drug-likeness (QED) is 0.373. The van der Waals surface area contributed by atoms with Crippen molar-refractivity contribution in [3.05, 3.63) is 41.6 Å². The molecule has 1 aromatic carbocycles. The highest BCUT2D eigenvalue weighted by Crippen LogP contribution is 2.27. The highest BCUT2D eigenvalue weighted by Gasteiger charge is 2.13. The molecule has 3 nitrogen and oxygen atoms in total. The largest absolute Gasteiger partial charge is 0.369 e. The van der Waals surface area contributed by atoms with Gasteiger partial charge in [0.05, 0.1) is 11.4 Å². The van der Waals surface area contributed by atoms with Crippen molar-refractivity contribution < 1.29 is 4.39 Å². The van der Waals surface area contributed by atoms with E-state index in [1.807, 2.05) is 32.0 Å². The zero-order valence-corrected chi connectivity index (χ0v) is 18.1. The molecule has 0 aliphatic rings. The molecule has 2 rings (SSSR count). The number of anilines is 1. The summed E-state index contributed by atoms with van der Waals surface area (Å²) in [4.78, 5) is 11.0. The Labute approximate surface area is 170 Å². The van der Waals surface area contributed by atoms with E-state index in [1.165, 1.54) is 38.5 Å². The lowest BCUT2D eigenvalue weighted by atomic mass is 10.1. The summed E-state index contributed by atoms with van der Waals surface area (Å²) in [5.41, 5.74) is 3.22. The van der Waals surface area contributed by atoms with Crippen LogP contribution in [0.3, 0.4) is 0 Å². The van der Waals surface area contributed by atoms with Gasteiger partial charge in [0.2, 0.25) is 0 Å². The average Bonchev–Trinajstić information content (AvgIpc) is 2.66.